The zero-order valence-electron chi connectivity index (χ0n) is 9.74. The van der Waals surface area contributed by atoms with Crippen molar-refractivity contribution in [1.29, 1.82) is 5.26 Å². The van der Waals surface area contributed by atoms with Gasteiger partial charge in [0.2, 0.25) is 0 Å². The molecular formula is C14H18N2. The molecule has 0 heterocycles. The first-order valence-electron chi connectivity index (χ1n) is 6.04. The monoisotopic (exact) mass is 214 g/mol. The lowest BCUT2D eigenvalue weighted by Gasteiger charge is -2.27. The maximum absolute atomic E-state index is 8.71. The van der Waals surface area contributed by atoms with Crippen LogP contribution in [0.2, 0.25) is 0 Å². The minimum absolute atomic E-state index is 0.615. The van der Waals surface area contributed by atoms with E-state index >= 15 is 0 Å². The Morgan fingerprint density at radius 2 is 1.75 bits per heavy atom. The van der Waals surface area contributed by atoms with Crippen LogP contribution in [0.15, 0.2) is 24.3 Å². The average molecular weight is 214 g/mol. The Morgan fingerprint density at radius 3 is 2.31 bits per heavy atom. The lowest BCUT2D eigenvalue weighted by Crippen LogP contribution is -2.25. The van der Waals surface area contributed by atoms with Gasteiger partial charge in [-0.1, -0.05) is 6.92 Å². The Bertz CT molecular complexity index is 367. The molecule has 0 amide bonds. The largest absolute Gasteiger partial charge is 0.382 e. The zero-order chi connectivity index (χ0) is 11.4. The highest BCUT2D eigenvalue weighted by Crippen LogP contribution is 2.25. The highest BCUT2D eigenvalue weighted by atomic mass is 14.9. The minimum Gasteiger partial charge on any atom is -0.382 e. The summed E-state index contributed by atoms with van der Waals surface area (Å²) in [7, 11) is 0. The van der Waals surface area contributed by atoms with Crippen LogP contribution in [0.3, 0.4) is 0 Å². The van der Waals surface area contributed by atoms with Crippen LogP contribution in [0.25, 0.3) is 0 Å². The van der Waals surface area contributed by atoms with E-state index in [0.29, 0.717) is 6.04 Å². The quantitative estimate of drug-likeness (QED) is 0.817. The van der Waals surface area contributed by atoms with Gasteiger partial charge in [-0.3, -0.25) is 0 Å². The molecule has 1 saturated carbocycles. The predicted octanol–water partition coefficient (Wildman–Crippen LogP) is 3.55. The molecule has 0 atom stereocenters. The third kappa shape index (κ3) is 2.76. The van der Waals surface area contributed by atoms with E-state index in [1.54, 1.807) is 0 Å². The fourth-order valence-corrected chi connectivity index (χ4v) is 2.28. The maximum Gasteiger partial charge on any atom is 0.0991 e. The first kappa shape index (κ1) is 11.0. The lowest BCUT2D eigenvalue weighted by atomic mass is 9.87. The molecule has 16 heavy (non-hydrogen) atoms. The van der Waals surface area contributed by atoms with Crippen LogP contribution in [0.5, 0.6) is 0 Å². The van der Waals surface area contributed by atoms with Gasteiger partial charge in [0.05, 0.1) is 11.6 Å². The molecular weight excluding hydrogens is 196 g/mol. The molecule has 2 rings (SSSR count). The molecule has 0 unspecified atom stereocenters. The van der Waals surface area contributed by atoms with Gasteiger partial charge in [-0.25, -0.2) is 0 Å². The van der Waals surface area contributed by atoms with Gasteiger partial charge < -0.3 is 5.32 Å². The third-order valence-corrected chi connectivity index (χ3v) is 3.40. The normalized spacial score (nSPS) is 24.8. The van der Waals surface area contributed by atoms with Crippen molar-refractivity contribution in [1.82, 2.24) is 0 Å². The second-order valence-corrected chi connectivity index (χ2v) is 4.79. The second kappa shape index (κ2) is 5.03. The van der Waals surface area contributed by atoms with E-state index in [4.69, 9.17) is 5.26 Å². The number of nitriles is 1. The van der Waals surface area contributed by atoms with Gasteiger partial charge in [0.25, 0.3) is 0 Å². The summed E-state index contributed by atoms with van der Waals surface area (Å²) in [5, 5.41) is 12.3. The smallest absolute Gasteiger partial charge is 0.0991 e. The average Bonchev–Trinajstić information content (AvgIpc) is 2.33. The Hall–Kier alpha value is -1.49. The van der Waals surface area contributed by atoms with E-state index < -0.39 is 0 Å². The molecule has 2 heteroatoms. The number of anilines is 1. The molecule has 84 valence electrons. The Labute approximate surface area is 97.3 Å². The van der Waals surface area contributed by atoms with Crippen LogP contribution >= 0.6 is 0 Å². The van der Waals surface area contributed by atoms with Crippen molar-refractivity contribution in [2.75, 3.05) is 5.32 Å². The van der Waals surface area contributed by atoms with Crippen LogP contribution < -0.4 is 5.32 Å². The van der Waals surface area contributed by atoms with Crippen molar-refractivity contribution in [3.8, 4) is 6.07 Å². The minimum atomic E-state index is 0.615. The molecule has 1 aliphatic rings. The van der Waals surface area contributed by atoms with Crippen LogP contribution in [0, 0.1) is 17.2 Å². The number of rotatable bonds is 2. The molecule has 0 bridgehead atoms. The van der Waals surface area contributed by atoms with E-state index in [2.05, 4.69) is 18.3 Å². The molecule has 1 N–H and O–H groups in total. The molecule has 1 aliphatic carbocycles. The van der Waals surface area contributed by atoms with Gasteiger partial charge in [-0.05, 0) is 55.9 Å². The number of hydrogen-bond acceptors (Lipinski definition) is 2. The van der Waals surface area contributed by atoms with Crippen molar-refractivity contribution < 1.29 is 0 Å². The number of benzene rings is 1. The molecule has 1 aromatic rings. The topological polar surface area (TPSA) is 35.8 Å². The highest BCUT2D eigenvalue weighted by Gasteiger charge is 2.17. The predicted molar refractivity (Wildman–Crippen MR) is 66.2 cm³/mol. The van der Waals surface area contributed by atoms with Crippen LogP contribution in [0.1, 0.15) is 38.2 Å². The van der Waals surface area contributed by atoms with Crippen molar-refractivity contribution in [2.45, 2.75) is 38.6 Å². The van der Waals surface area contributed by atoms with E-state index in [9.17, 15) is 0 Å². The lowest BCUT2D eigenvalue weighted by molar-refractivity contribution is 0.361. The number of nitrogens with one attached hydrogen (secondary N) is 1. The molecule has 0 radical (unpaired) electrons. The van der Waals surface area contributed by atoms with E-state index in [-0.39, 0.29) is 0 Å². The van der Waals surface area contributed by atoms with Crippen molar-refractivity contribution >= 4 is 5.69 Å². The molecule has 0 spiro atoms. The van der Waals surface area contributed by atoms with Crippen molar-refractivity contribution in [2.24, 2.45) is 5.92 Å². The van der Waals surface area contributed by atoms with Crippen molar-refractivity contribution in [3.05, 3.63) is 29.8 Å². The van der Waals surface area contributed by atoms with Crippen LogP contribution in [0.4, 0.5) is 5.69 Å². The third-order valence-electron chi connectivity index (χ3n) is 3.40. The summed E-state index contributed by atoms with van der Waals surface area (Å²) in [5.41, 5.74) is 1.86. The highest BCUT2D eigenvalue weighted by molar-refractivity contribution is 5.47. The zero-order valence-corrected chi connectivity index (χ0v) is 9.74. The molecule has 2 nitrogen and oxygen atoms in total. The van der Waals surface area contributed by atoms with Gasteiger partial charge >= 0.3 is 0 Å². The summed E-state index contributed by atoms with van der Waals surface area (Å²) in [6, 6.07) is 10.5. The SMILES string of the molecule is C[C@H]1CC[C@H](Nc2ccc(C#N)cc2)CC1. The van der Waals surface area contributed by atoms with Gasteiger partial charge in [0, 0.05) is 11.7 Å². The van der Waals surface area contributed by atoms with E-state index in [1.807, 2.05) is 24.3 Å². The summed E-state index contributed by atoms with van der Waals surface area (Å²) >= 11 is 0. The summed E-state index contributed by atoms with van der Waals surface area (Å²) in [6.45, 7) is 2.33. The number of nitrogens with zero attached hydrogens (tertiary/aromatic N) is 1. The van der Waals surface area contributed by atoms with E-state index in [0.717, 1.165) is 17.2 Å². The maximum atomic E-state index is 8.71. The summed E-state index contributed by atoms with van der Waals surface area (Å²) in [6.07, 6.45) is 5.18. The van der Waals surface area contributed by atoms with E-state index in [1.165, 1.54) is 25.7 Å². The molecule has 1 aromatic carbocycles. The van der Waals surface area contributed by atoms with Crippen molar-refractivity contribution in [3.63, 3.8) is 0 Å². The Kier molecular flexibility index (Phi) is 3.46. The molecule has 0 aromatic heterocycles. The number of hydrogen-bond donors (Lipinski definition) is 1. The Morgan fingerprint density at radius 1 is 1.12 bits per heavy atom. The van der Waals surface area contributed by atoms with Gasteiger partial charge in [-0.15, -0.1) is 0 Å². The standard InChI is InChI=1S/C14H18N2/c1-11-2-6-13(7-3-11)16-14-8-4-12(10-15)5-9-14/h4-5,8-9,11,13,16H,2-3,6-7H2,1H3/t11-,13-. The second-order valence-electron chi connectivity index (χ2n) is 4.79. The van der Waals surface area contributed by atoms with Gasteiger partial charge in [0.1, 0.15) is 0 Å². The fraction of sp³-hybridized carbons (Fsp3) is 0.500. The first-order valence-corrected chi connectivity index (χ1v) is 6.04. The van der Waals surface area contributed by atoms with Crippen LogP contribution in [-0.4, -0.2) is 6.04 Å². The molecule has 0 aliphatic heterocycles. The first-order chi connectivity index (χ1) is 7.78. The molecule has 0 saturated heterocycles. The molecule has 1 fully saturated rings. The fourth-order valence-electron chi connectivity index (χ4n) is 2.28. The Balaban J connectivity index is 1.91. The summed E-state index contributed by atoms with van der Waals surface area (Å²) in [5.74, 6) is 0.888. The summed E-state index contributed by atoms with van der Waals surface area (Å²) < 4.78 is 0. The van der Waals surface area contributed by atoms with Gasteiger partial charge in [-0.2, -0.15) is 5.26 Å². The van der Waals surface area contributed by atoms with Gasteiger partial charge in [0.15, 0.2) is 0 Å². The van der Waals surface area contributed by atoms with Crippen LogP contribution in [-0.2, 0) is 0 Å². The summed E-state index contributed by atoms with van der Waals surface area (Å²) in [4.78, 5) is 0.